The Kier molecular flexibility index (Phi) is 18.6. The first kappa shape index (κ1) is 43.3. The molecule has 0 bridgehead atoms. The average Bonchev–Trinajstić information content (AvgIpc) is 3.55. The molecule has 6 unspecified atom stereocenters. The highest BCUT2D eigenvalue weighted by molar-refractivity contribution is 6.00. The van der Waals surface area contributed by atoms with Crippen LogP contribution in [0.15, 0.2) is 41.4 Å². The fourth-order valence-electron chi connectivity index (χ4n) is 5.91. The number of nitrogens with zero attached hydrogens (tertiary/aromatic N) is 3. The summed E-state index contributed by atoms with van der Waals surface area (Å²) in [6.07, 6.45) is 6.19. The van der Waals surface area contributed by atoms with Gasteiger partial charge in [0.05, 0.1) is 11.6 Å². The van der Waals surface area contributed by atoms with Crippen LogP contribution < -0.4 is 10.6 Å². The summed E-state index contributed by atoms with van der Waals surface area (Å²) in [6.45, 7) is 1.70. The van der Waals surface area contributed by atoms with Crippen LogP contribution in [-0.2, 0) is 28.7 Å². The van der Waals surface area contributed by atoms with E-state index < -0.39 is 60.4 Å². The van der Waals surface area contributed by atoms with E-state index in [1.165, 1.54) is 12.1 Å². The van der Waals surface area contributed by atoms with Crippen LogP contribution in [0.3, 0.4) is 0 Å². The van der Waals surface area contributed by atoms with E-state index in [2.05, 4.69) is 15.6 Å². The molecule has 1 aromatic rings. The van der Waals surface area contributed by atoms with Crippen LogP contribution in [0.2, 0.25) is 0 Å². The average molecular weight is 750 g/mol. The third-order valence-corrected chi connectivity index (χ3v) is 8.88. The van der Waals surface area contributed by atoms with Crippen LogP contribution in [0.1, 0.15) is 96.0 Å². The summed E-state index contributed by atoms with van der Waals surface area (Å²) in [5.41, 5.74) is 0.315. The van der Waals surface area contributed by atoms with Crippen LogP contribution in [-0.4, -0.2) is 127 Å². The number of aliphatic imine (C=N–C) groups is 1. The van der Waals surface area contributed by atoms with E-state index >= 15 is 0 Å². The molecule has 53 heavy (non-hydrogen) atoms. The van der Waals surface area contributed by atoms with Crippen molar-refractivity contribution in [3.63, 3.8) is 0 Å². The summed E-state index contributed by atoms with van der Waals surface area (Å²) >= 11 is 0. The minimum atomic E-state index is -1.25. The van der Waals surface area contributed by atoms with Gasteiger partial charge in [0.1, 0.15) is 37.0 Å². The van der Waals surface area contributed by atoms with Crippen molar-refractivity contribution in [1.82, 2.24) is 20.8 Å². The molecule has 3 rings (SSSR count). The Morgan fingerprint density at radius 2 is 1.87 bits per heavy atom. The quantitative estimate of drug-likeness (QED) is 0.0200. The van der Waals surface area contributed by atoms with Gasteiger partial charge in [-0.25, -0.2) is 14.9 Å². The van der Waals surface area contributed by atoms with Crippen molar-refractivity contribution < 1.29 is 59.5 Å². The molecule has 17 nitrogen and oxygen atoms in total. The lowest BCUT2D eigenvalue weighted by Gasteiger charge is -2.25. The van der Waals surface area contributed by atoms with E-state index in [1.54, 1.807) is 31.2 Å². The molecule has 8 N–H and O–H groups in total. The highest BCUT2D eigenvalue weighted by Crippen LogP contribution is 2.21. The second kappa shape index (κ2) is 22.8. The molecule has 0 spiro atoms. The Hall–Kier alpha value is -4.13. The molecule has 1 fully saturated rings. The van der Waals surface area contributed by atoms with Crippen LogP contribution in [0.4, 0.5) is 0 Å². The number of unbranched alkanes of at least 4 members (excludes halogenated alkanes) is 5. The molecule has 0 aromatic heterocycles. The number of hydrogen-bond donors (Lipinski definition) is 8. The van der Waals surface area contributed by atoms with Gasteiger partial charge < -0.3 is 40.4 Å². The monoisotopic (exact) mass is 749 g/mol. The van der Waals surface area contributed by atoms with Gasteiger partial charge in [-0.2, -0.15) is 5.06 Å². The van der Waals surface area contributed by atoms with Crippen molar-refractivity contribution in [3.8, 4) is 5.75 Å². The lowest BCUT2D eigenvalue weighted by atomic mass is 10.1. The molecule has 2 aliphatic heterocycles. The second-order valence-electron chi connectivity index (χ2n) is 13.4. The predicted molar refractivity (Wildman–Crippen MR) is 190 cm³/mol. The molecule has 2 heterocycles. The minimum Gasteiger partial charge on any atom is -0.507 e. The molecule has 1 aromatic carbocycles. The van der Waals surface area contributed by atoms with Crippen molar-refractivity contribution in [2.45, 2.75) is 127 Å². The number of esters is 1. The van der Waals surface area contributed by atoms with Gasteiger partial charge in [-0.15, -0.1) is 0 Å². The number of nitrogens with one attached hydrogen (secondary N) is 2. The Balaban J connectivity index is 1.53. The van der Waals surface area contributed by atoms with Gasteiger partial charge in [0, 0.05) is 25.9 Å². The number of allylic oxidation sites excluding steroid dienone is 1. The summed E-state index contributed by atoms with van der Waals surface area (Å²) in [4.78, 5) is 53.9. The minimum absolute atomic E-state index is 0.0561. The summed E-state index contributed by atoms with van der Waals surface area (Å²) in [5, 5.41) is 66.7. The predicted octanol–water partition coefficient (Wildman–Crippen LogP) is 2.18. The number of benzene rings is 1. The number of hydrogen-bond acceptors (Lipinski definition) is 14. The lowest BCUT2D eigenvalue weighted by molar-refractivity contribution is -0.177. The molecule has 1 saturated heterocycles. The first-order valence-corrected chi connectivity index (χ1v) is 18.3. The molecule has 6 atom stereocenters. The Bertz CT molecular complexity index is 1390. The molecule has 0 radical (unpaired) electrons. The van der Waals surface area contributed by atoms with E-state index in [0.717, 1.165) is 24.3 Å². The highest BCUT2D eigenvalue weighted by atomic mass is 16.5. The first-order valence-electron chi connectivity index (χ1n) is 18.3. The summed E-state index contributed by atoms with van der Waals surface area (Å²) in [7, 11) is 0. The number of aliphatic hydroxyl groups excluding tert-OH is 2. The van der Waals surface area contributed by atoms with Crippen molar-refractivity contribution in [3.05, 3.63) is 42.0 Å². The van der Waals surface area contributed by atoms with Gasteiger partial charge in [0.15, 0.2) is 6.04 Å². The number of aromatic hydroxyl groups is 1. The standard InChI is InChI=1S/C36H55N5O12/c1-24(22-30(43)37-26-15-10-13-21-41(51)35(26)48)53-36(49)27(38-33(47)28-23-52-34(39-28)25-14-8-9-17-29(25)42)16-11-12-20-40(50)31(44)18-6-4-2-3-5-7-19-32(45)46/h6,8-9,14,17-18,24,26-28,30-31,37,42-44,50-51H,2-5,7,10-13,15-16,19-23H2,1H3,(H,38,47)(H,45,46)/b18-6+. The Labute approximate surface area is 309 Å². The van der Waals surface area contributed by atoms with Gasteiger partial charge in [-0.3, -0.25) is 24.9 Å². The second-order valence-corrected chi connectivity index (χ2v) is 13.4. The molecule has 17 heteroatoms. The fraction of sp³-hybridized carbons (Fsp3) is 0.639. The third-order valence-electron chi connectivity index (χ3n) is 8.88. The van der Waals surface area contributed by atoms with Crippen molar-refractivity contribution in [1.29, 1.82) is 0 Å². The van der Waals surface area contributed by atoms with Gasteiger partial charge in [-0.1, -0.05) is 31.1 Å². The highest BCUT2D eigenvalue weighted by Gasteiger charge is 2.33. The lowest BCUT2D eigenvalue weighted by Crippen LogP contribution is -2.49. The largest absolute Gasteiger partial charge is 0.507 e. The third kappa shape index (κ3) is 15.4. The van der Waals surface area contributed by atoms with E-state index in [0.29, 0.717) is 55.6 Å². The number of rotatable bonds is 23. The smallest absolute Gasteiger partial charge is 0.328 e. The number of aliphatic carboxylic acids is 1. The van der Waals surface area contributed by atoms with Crippen LogP contribution >= 0.6 is 0 Å². The van der Waals surface area contributed by atoms with Gasteiger partial charge in [0.2, 0.25) is 11.8 Å². The summed E-state index contributed by atoms with van der Waals surface area (Å²) in [6, 6.07) is 3.42. The van der Waals surface area contributed by atoms with E-state index in [9.17, 15) is 44.9 Å². The molecule has 0 aliphatic carbocycles. The molecule has 2 aliphatic rings. The first-order chi connectivity index (χ1) is 25.3. The summed E-state index contributed by atoms with van der Waals surface area (Å²) in [5.74, 6) is -2.74. The SMILES string of the molecule is CC(CC(O)NC1CCCCN(O)C1=O)OC(=O)C(CCCCN(O)C(O)/C=C/CCCCCCC(=O)O)NC(=O)C1COC(c2ccccc2O)=N1. The normalized spacial score (nSPS) is 20.0. The maximum Gasteiger partial charge on any atom is 0.328 e. The zero-order chi connectivity index (χ0) is 38.8. The number of carboxylic acids is 1. The number of carbonyl (C=O) groups excluding carboxylic acids is 3. The number of amides is 2. The number of hydroxylamine groups is 4. The van der Waals surface area contributed by atoms with Crippen LogP contribution in [0.5, 0.6) is 5.75 Å². The molecule has 0 saturated carbocycles. The number of aliphatic hydroxyl groups is 2. The number of ether oxygens (including phenoxy) is 2. The number of para-hydroxylation sites is 1. The van der Waals surface area contributed by atoms with Crippen LogP contribution in [0.25, 0.3) is 0 Å². The maximum absolute atomic E-state index is 13.4. The van der Waals surface area contributed by atoms with E-state index in [4.69, 9.17) is 14.6 Å². The zero-order valence-corrected chi connectivity index (χ0v) is 30.2. The van der Waals surface area contributed by atoms with Crippen molar-refractivity contribution in [2.24, 2.45) is 4.99 Å². The van der Waals surface area contributed by atoms with Crippen LogP contribution in [0, 0.1) is 0 Å². The molecular weight excluding hydrogens is 694 g/mol. The van der Waals surface area contributed by atoms with Gasteiger partial charge in [0.25, 0.3) is 5.91 Å². The summed E-state index contributed by atoms with van der Waals surface area (Å²) < 4.78 is 11.1. The number of phenols is 1. The zero-order valence-electron chi connectivity index (χ0n) is 30.2. The number of phenolic OH excluding ortho intramolecular Hbond substituents is 1. The Morgan fingerprint density at radius 3 is 2.62 bits per heavy atom. The van der Waals surface area contributed by atoms with Crippen molar-refractivity contribution >= 4 is 29.7 Å². The van der Waals surface area contributed by atoms with Gasteiger partial charge in [-0.05, 0) is 82.9 Å². The fourth-order valence-corrected chi connectivity index (χ4v) is 5.91. The van der Waals surface area contributed by atoms with Gasteiger partial charge >= 0.3 is 11.9 Å². The molecule has 296 valence electrons. The number of carboxylic acid groups (broad SMARTS) is 1. The Morgan fingerprint density at radius 1 is 1.11 bits per heavy atom. The number of carbonyl (C=O) groups is 4. The molecular formula is C36H55N5O12. The molecule has 2 amide bonds. The maximum atomic E-state index is 13.4. The van der Waals surface area contributed by atoms with E-state index in [1.807, 2.05) is 0 Å². The van der Waals surface area contributed by atoms with E-state index in [-0.39, 0.29) is 50.6 Å². The topological polar surface area (TPSA) is 251 Å². The van der Waals surface area contributed by atoms with Crippen molar-refractivity contribution in [2.75, 3.05) is 19.7 Å².